The van der Waals surface area contributed by atoms with Gasteiger partial charge in [-0.15, -0.1) is 15.3 Å². The molecule has 0 radical (unpaired) electrons. The molecule has 0 saturated carbocycles. The van der Waals surface area contributed by atoms with E-state index in [0.29, 0.717) is 36.4 Å². The molecule has 29 heavy (non-hydrogen) atoms. The van der Waals surface area contributed by atoms with Gasteiger partial charge in [0.05, 0.1) is 12.6 Å². The van der Waals surface area contributed by atoms with E-state index in [-0.39, 0.29) is 11.9 Å². The van der Waals surface area contributed by atoms with Crippen LogP contribution in [0.25, 0.3) is 6.08 Å². The second kappa shape index (κ2) is 9.51. The largest absolute Gasteiger partial charge is 0.478 e. The van der Waals surface area contributed by atoms with Crippen LogP contribution in [-0.4, -0.2) is 56.1 Å². The summed E-state index contributed by atoms with van der Waals surface area (Å²) in [6.07, 6.45) is 5.20. The molecule has 0 spiro atoms. The Morgan fingerprint density at radius 3 is 3.03 bits per heavy atom. The first-order chi connectivity index (χ1) is 14.0. The van der Waals surface area contributed by atoms with Gasteiger partial charge in [0.15, 0.2) is 5.82 Å². The van der Waals surface area contributed by atoms with Gasteiger partial charge in [-0.1, -0.05) is 17.7 Å². The lowest BCUT2D eigenvalue weighted by molar-refractivity contribution is -0.127. The van der Waals surface area contributed by atoms with Gasteiger partial charge in [-0.2, -0.15) is 4.80 Å². The summed E-state index contributed by atoms with van der Waals surface area (Å²) >= 11 is 6.15. The summed E-state index contributed by atoms with van der Waals surface area (Å²) in [7, 11) is 0. The summed E-state index contributed by atoms with van der Waals surface area (Å²) in [5, 5.41) is 16.2. The number of amides is 1. The summed E-state index contributed by atoms with van der Waals surface area (Å²) in [5.74, 6) is 6.13. The van der Waals surface area contributed by atoms with Gasteiger partial charge in [0, 0.05) is 24.6 Å². The fourth-order valence-corrected chi connectivity index (χ4v) is 3.42. The van der Waals surface area contributed by atoms with Gasteiger partial charge >= 0.3 is 0 Å². The fourth-order valence-electron chi connectivity index (χ4n) is 3.23. The molecule has 3 rings (SSSR count). The van der Waals surface area contributed by atoms with E-state index in [2.05, 4.69) is 20.5 Å². The number of hydrogen-bond acceptors (Lipinski definition) is 7. The van der Waals surface area contributed by atoms with Crippen molar-refractivity contribution in [2.45, 2.75) is 39.3 Å². The van der Waals surface area contributed by atoms with Crippen molar-refractivity contribution in [3.05, 3.63) is 46.2 Å². The third kappa shape index (κ3) is 5.54. The van der Waals surface area contributed by atoms with Gasteiger partial charge in [0.2, 0.25) is 11.8 Å². The van der Waals surface area contributed by atoms with Crippen LogP contribution in [0.15, 0.2) is 29.4 Å². The van der Waals surface area contributed by atoms with Crippen LogP contribution >= 0.6 is 11.6 Å². The van der Waals surface area contributed by atoms with Crippen molar-refractivity contribution < 1.29 is 9.53 Å². The van der Waals surface area contributed by atoms with Crippen molar-refractivity contribution in [1.82, 2.24) is 25.1 Å². The topological polar surface area (TPSA) is 112 Å². The van der Waals surface area contributed by atoms with Crippen molar-refractivity contribution in [2.24, 2.45) is 10.9 Å². The van der Waals surface area contributed by atoms with Crippen LogP contribution in [0, 0.1) is 6.92 Å². The maximum Gasteiger partial charge on any atom is 0.246 e. The molecule has 0 aliphatic carbocycles. The van der Waals surface area contributed by atoms with Gasteiger partial charge in [0.25, 0.3) is 0 Å². The summed E-state index contributed by atoms with van der Waals surface area (Å²) in [5.41, 5.74) is 1.77. The number of benzene rings is 1. The smallest absolute Gasteiger partial charge is 0.246 e. The third-order valence-corrected chi connectivity index (χ3v) is 4.94. The quantitative estimate of drug-likeness (QED) is 0.253. The number of nitrogens with zero attached hydrogens (tertiary/aromatic N) is 6. The molecular formula is C19H24ClN7O2. The maximum atomic E-state index is 12.7. The number of ether oxygens (including phenoxy) is 1. The Hall–Kier alpha value is -2.94. The lowest BCUT2D eigenvalue weighted by Crippen LogP contribution is -2.37. The number of hydrogen-bond donors (Lipinski definition) is 1. The molecule has 2 heterocycles. The van der Waals surface area contributed by atoms with Gasteiger partial charge in [-0.05, 0) is 54.3 Å². The number of aromatic nitrogens is 4. The molecule has 1 unspecified atom stereocenters. The Morgan fingerprint density at radius 2 is 2.31 bits per heavy atom. The highest BCUT2D eigenvalue weighted by molar-refractivity contribution is 6.30. The molecule has 1 saturated heterocycles. The first kappa shape index (κ1) is 20.8. The van der Waals surface area contributed by atoms with Crippen LogP contribution in [0.3, 0.4) is 0 Å². The predicted molar refractivity (Wildman–Crippen MR) is 110 cm³/mol. The van der Waals surface area contributed by atoms with Gasteiger partial charge in [-0.25, -0.2) is 0 Å². The number of carbonyl (C=O) groups is 1. The van der Waals surface area contributed by atoms with Gasteiger partial charge in [0.1, 0.15) is 6.61 Å². The Bertz CT molecular complexity index is 925. The Kier molecular flexibility index (Phi) is 6.82. The van der Waals surface area contributed by atoms with Crippen molar-refractivity contribution in [1.29, 1.82) is 0 Å². The number of rotatable bonds is 6. The van der Waals surface area contributed by atoms with Crippen LogP contribution < -0.4 is 5.84 Å². The van der Waals surface area contributed by atoms with E-state index in [9.17, 15) is 4.79 Å². The van der Waals surface area contributed by atoms with Crippen LogP contribution in [0.2, 0.25) is 5.02 Å². The Balaban J connectivity index is 1.71. The molecule has 1 fully saturated rings. The van der Waals surface area contributed by atoms with Crippen molar-refractivity contribution in [3.63, 3.8) is 0 Å². The number of hydrazone groups is 1. The SMILES string of the molecule is CC(=NN)OCC1CCCN1C(=O)C=Cc1ccc(Cl)cc1Cn1nnc(C)n1. The molecule has 2 N–H and O–H groups in total. The minimum absolute atomic E-state index is 0.0101. The molecule has 1 atom stereocenters. The normalized spacial score (nSPS) is 17.3. The average Bonchev–Trinajstić information content (AvgIpc) is 3.34. The van der Waals surface area contributed by atoms with E-state index in [1.165, 1.54) is 4.80 Å². The lowest BCUT2D eigenvalue weighted by atomic mass is 10.1. The zero-order valence-electron chi connectivity index (χ0n) is 16.5. The molecule has 1 aromatic carbocycles. The summed E-state index contributed by atoms with van der Waals surface area (Å²) in [6, 6.07) is 5.51. The standard InChI is InChI=1S/C19H24ClN7O2/c1-13-23-25-27(24-13)11-16-10-17(20)7-5-15(16)6-8-19(28)26-9-3-4-18(26)12-29-14(2)22-21/h5-8,10,18H,3-4,9,11-12,21H2,1-2H3. The van der Waals surface area contributed by atoms with E-state index >= 15 is 0 Å². The molecule has 1 aliphatic heterocycles. The molecule has 9 nitrogen and oxygen atoms in total. The van der Waals surface area contributed by atoms with E-state index in [0.717, 1.165) is 24.0 Å². The third-order valence-electron chi connectivity index (χ3n) is 4.70. The second-order valence-electron chi connectivity index (χ2n) is 6.83. The van der Waals surface area contributed by atoms with Crippen LogP contribution in [0.4, 0.5) is 0 Å². The summed E-state index contributed by atoms with van der Waals surface area (Å²) in [6.45, 7) is 4.96. The molecule has 1 amide bonds. The van der Waals surface area contributed by atoms with Crippen LogP contribution in [0.1, 0.15) is 36.7 Å². The van der Waals surface area contributed by atoms with Crippen molar-refractivity contribution in [2.75, 3.05) is 13.2 Å². The number of carbonyl (C=O) groups excluding carboxylic acids is 1. The Morgan fingerprint density at radius 1 is 1.48 bits per heavy atom. The maximum absolute atomic E-state index is 12.7. The predicted octanol–water partition coefficient (Wildman–Crippen LogP) is 2.00. The van der Waals surface area contributed by atoms with Gasteiger partial charge in [-0.3, -0.25) is 4.79 Å². The van der Waals surface area contributed by atoms with E-state index in [1.54, 1.807) is 32.1 Å². The molecule has 2 aromatic rings. The zero-order chi connectivity index (χ0) is 20.8. The molecule has 154 valence electrons. The molecule has 0 bridgehead atoms. The fraction of sp³-hybridized carbons (Fsp3) is 0.421. The Labute approximate surface area is 174 Å². The number of likely N-dealkylation sites (tertiary alicyclic amines) is 1. The minimum Gasteiger partial charge on any atom is -0.478 e. The van der Waals surface area contributed by atoms with Crippen molar-refractivity contribution in [3.8, 4) is 0 Å². The first-order valence-electron chi connectivity index (χ1n) is 9.35. The number of halogens is 1. The van der Waals surface area contributed by atoms with E-state index in [1.807, 2.05) is 17.0 Å². The molecule has 1 aliphatic rings. The molecule has 1 aromatic heterocycles. The van der Waals surface area contributed by atoms with Gasteiger partial charge < -0.3 is 15.5 Å². The van der Waals surface area contributed by atoms with Crippen LogP contribution in [-0.2, 0) is 16.1 Å². The van der Waals surface area contributed by atoms with Crippen molar-refractivity contribution >= 4 is 29.5 Å². The summed E-state index contributed by atoms with van der Waals surface area (Å²) < 4.78 is 5.49. The highest BCUT2D eigenvalue weighted by Gasteiger charge is 2.28. The van der Waals surface area contributed by atoms with E-state index < -0.39 is 0 Å². The summed E-state index contributed by atoms with van der Waals surface area (Å²) in [4.78, 5) is 16.1. The lowest BCUT2D eigenvalue weighted by Gasteiger charge is -2.23. The number of aryl methyl sites for hydroxylation is 1. The second-order valence-corrected chi connectivity index (χ2v) is 7.27. The highest BCUT2D eigenvalue weighted by atomic mass is 35.5. The zero-order valence-corrected chi connectivity index (χ0v) is 17.2. The number of nitrogens with two attached hydrogens (primary N) is 1. The first-order valence-corrected chi connectivity index (χ1v) is 9.73. The van der Waals surface area contributed by atoms with Crippen LogP contribution in [0.5, 0.6) is 0 Å². The number of tetrazole rings is 1. The molecular weight excluding hydrogens is 394 g/mol. The minimum atomic E-state index is -0.0611. The average molecular weight is 418 g/mol. The molecule has 10 heteroatoms. The van der Waals surface area contributed by atoms with E-state index in [4.69, 9.17) is 22.2 Å². The highest BCUT2D eigenvalue weighted by Crippen LogP contribution is 2.21. The monoisotopic (exact) mass is 417 g/mol.